The molecule has 0 unspecified atom stereocenters. The smallest absolute Gasteiger partial charge is 0.257 e. The van der Waals surface area contributed by atoms with Gasteiger partial charge in [0.25, 0.3) is 5.91 Å². The third kappa shape index (κ3) is 4.34. The van der Waals surface area contributed by atoms with Crippen LogP contribution in [0.3, 0.4) is 0 Å². The summed E-state index contributed by atoms with van der Waals surface area (Å²) in [5, 5.41) is 7.56. The summed E-state index contributed by atoms with van der Waals surface area (Å²) in [6.07, 6.45) is -0.333. The highest BCUT2D eigenvalue weighted by molar-refractivity contribution is 7.80. The van der Waals surface area contributed by atoms with Crippen molar-refractivity contribution in [2.45, 2.75) is 12.2 Å². The van der Waals surface area contributed by atoms with Gasteiger partial charge in [-0.1, -0.05) is 60.7 Å². The molecule has 0 spiro atoms. The first-order chi connectivity index (χ1) is 15.7. The summed E-state index contributed by atoms with van der Waals surface area (Å²) >= 11 is 5.72. The fourth-order valence-corrected chi connectivity index (χ4v) is 4.43. The molecular formula is C24H28N4O3S. The second-order valence-corrected chi connectivity index (χ2v) is 8.04. The van der Waals surface area contributed by atoms with Crippen molar-refractivity contribution in [1.29, 1.82) is 0 Å². The molecular weight excluding hydrogens is 424 g/mol. The van der Waals surface area contributed by atoms with Crippen LogP contribution in [-0.4, -0.2) is 61.3 Å². The molecule has 2 N–H and O–H groups in total. The first-order valence-electron chi connectivity index (χ1n) is 10.6. The number of amides is 1. The molecule has 2 heterocycles. The maximum atomic E-state index is 14.0. The molecule has 1 amide bonds. The van der Waals surface area contributed by atoms with Gasteiger partial charge in [-0.3, -0.25) is 4.79 Å². The van der Waals surface area contributed by atoms with E-state index >= 15 is 0 Å². The number of carbonyl (C=O) groups is 1. The van der Waals surface area contributed by atoms with Crippen LogP contribution in [0.2, 0.25) is 0 Å². The lowest BCUT2D eigenvalue weighted by atomic mass is 9.93. The first-order valence-corrected chi connectivity index (χ1v) is 11.0. The molecule has 0 aromatic heterocycles. The third-order valence-corrected chi connectivity index (χ3v) is 6.04. The number of nitrogens with zero attached hydrogens (tertiary/aromatic N) is 2. The van der Waals surface area contributed by atoms with E-state index in [9.17, 15) is 4.79 Å². The Bertz CT molecular complexity index is 983. The second-order valence-electron chi connectivity index (χ2n) is 7.65. The van der Waals surface area contributed by atoms with Gasteiger partial charge in [0.1, 0.15) is 12.0 Å². The molecule has 168 valence electrons. The molecule has 0 saturated carbocycles. The van der Waals surface area contributed by atoms with Gasteiger partial charge in [-0.15, -0.1) is 0 Å². The van der Waals surface area contributed by atoms with E-state index in [1.54, 1.807) is 14.2 Å². The summed E-state index contributed by atoms with van der Waals surface area (Å²) in [6.45, 7) is 1.91. The standard InChI is InChI=1S/C24H28N4O3S/c1-30-15-13-27-21(18-11-7-4-8-12-18)26-22-19(23(27)29)20(17-9-5-3-6-10-17)25-24(32)28(22)14-16-31-2/h3-12,20-21,26H,13-16H2,1-2H3,(H,25,32)/t20-,21+/m0/s1. The van der Waals surface area contributed by atoms with E-state index in [1.165, 1.54) is 0 Å². The summed E-state index contributed by atoms with van der Waals surface area (Å²) in [5.41, 5.74) is 2.62. The highest BCUT2D eigenvalue weighted by Gasteiger charge is 2.43. The number of thiocarbonyl (C=S) groups is 1. The Morgan fingerprint density at radius 1 is 0.875 bits per heavy atom. The Labute approximate surface area is 194 Å². The van der Waals surface area contributed by atoms with Crippen LogP contribution in [-0.2, 0) is 14.3 Å². The molecule has 0 saturated heterocycles. The summed E-state index contributed by atoms with van der Waals surface area (Å²) in [4.78, 5) is 17.7. The minimum absolute atomic E-state index is 0.0454. The van der Waals surface area contributed by atoms with Gasteiger partial charge in [0.05, 0.1) is 31.4 Å². The van der Waals surface area contributed by atoms with Crippen molar-refractivity contribution >= 4 is 23.2 Å². The number of carbonyl (C=O) groups excluding carboxylic acids is 1. The predicted octanol–water partition coefficient (Wildman–Crippen LogP) is 2.55. The Balaban J connectivity index is 1.82. The van der Waals surface area contributed by atoms with Crippen LogP contribution < -0.4 is 10.6 Å². The minimum Gasteiger partial charge on any atom is -0.383 e. The zero-order chi connectivity index (χ0) is 22.5. The maximum absolute atomic E-state index is 14.0. The first kappa shape index (κ1) is 22.3. The molecule has 32 heavy (non-hydrogen) atoms. The molecule has 4 rings (SSSR count). The fourth-order valence-electron chi connectivity index (χ4n) is 4.13. The molecule has 0 aliphatic carbocycles. The van der Waals surface area contributed by atoms with Crippen LogP contribution in [0, 0.1) is 0 Å². The van der Waals surface area contributed by atoms with Crippen molar-refractivity contribution in [1.82, 2.24) is 20.4 Å². The Hall–Kier alpha value is -2.94. The lowest BCUT2D eigenvalue weighted by molar-refractivity contribution is -0.133. The molecule has 2 aliphatic heterocycles. The summed E-state index contributed by atoms with van der Waals surface area (Å²) < 4.78 is 10.6. The summed E-state index contributed by atoms with van der Waals surface area (Å²) in [7, 11) is 3.30. The highest BCUT2D eigenvalue weighted by atomic mass is 32.1. The lowest BCUT2D eigenvalue weighted by Crippen LogP contribution is -2.59. The average Bonchev–Trinajstić information content (AvgIpc) is 2.83. The van der Waals surface area contributed by atoms with Crippen LogP contribution in [0.4, 0.5) is 0 Å². The normalized spacial score (nSPS) is 20.7. The Morgan fingerprint density at radius 3 is 2.09 bits per heavy atom. The quantitative estimate of drug-likeness (QED) is 0.597. The van der Waals surface area contributed by atoms with Gasteiger partial charge in [0, 0.05) is 20.8 Å². The van der Waals surface area contributed by atoms with Gasteiger partial charge in [-0.2, -0.15) is 0 Å². The topological polar surface area (TPSA) is 66.1 Å². The van der Waals surface area contributed by atoms with Crippen LogP contribution in [0.15, 0.2) is 72.1 Å². The van der Waals surface area contributed by atoms with Gasteiger partial charge in [0.15, 0.2) is 5.11 Å². The van der Waals surface area contributed by atoms with Crippen molar-refractivity contribution in [2.24, 2.45) is 0 Å². The van der Waals surface area contributed by atoms with Gasteiger partial charge in [-0.05, 0) is 23.3 Å². The van der Waals surface area contributed by atoms with E-state index < -0.39 is 0 Å². The number of hydrogen-bond acceptors (Lipinski definition) is 5. The van der Waals surface area contributed by atoms with Gasteiger partial charge in [-0.25, -0.2) is 0 Å². The predicted molar refractivity (Wildman–Crippen MR) is 126 cm³/mol. The van der Waals surface area contributed by atoms with Crippen LogP contribution in [0.25, 0.3) is 0 Å². The van der Waals surface area contributed by atoms with Crippen LogP contribution >= 0.6 is 12.2 Å². The zero-order valence-electron chi connectivity index (χ0n) is 18.3. The van der Waals surface area contributed by atoms with Gasteiger partial charge < -0.3 is 29.9 Å². The van der Waals surface area contributed by atoms with Crippen molar-refractivity contribution in [2.75, 3.05) is 40.5 Å². The molecule has 2 atom stereocenters. The van der Waals surface area contributed by atoms with Crippen molar-refractivity contribution in [3.63, 3.8) is 0 Å². The maximum Gasteiger partial charge on any atom is 0.257 e. The number of hydrogen-bond donors (Lipinski definition) is 2. The van der Waals surface area contributed by atoms with Crippen molar-refractivity contribution in [3.8, 4) is 0 Å². The number of rotatable bonds is 8. The largest absolute Gasteiger partial charge is 0.383 e. The average molecular weight is 453 g/mol. The van der Waals surface area contributed by atoms with Gasteiger partial charge >= 0.3 is 0 Å². The van der Waals surface area contributed by atoms with Crippen LogP contribution in [0.5, 0.6) is 0 Å². The monoisotopic (exact) mass is 452 g/mol. The molecule has 7 nitrogen and oxygen atoms in total. The van der Waals surface area contributed by atoms with E-state index in [0.717, 1.165) is 16.9 Å². The molecule has 2 aromatic carbocycles. The second kappa shape index (κ2) is 10.1. The third-order valence-electron chi connectivity index (χ3n) is 5.71. The molecule has 0 radical (unpaired) electrons. The highest BCUT2D eigenvalue weighted by Crippen LogP contribution is 2.37. The van der Waals surface area contributed by atoms with Crippen molar-refractivity contribution < 1.29 is 14.3 Å². The van der Waals surface area contributed by atoms with Crippen LogP contribution in [0.1, 0.15) is 23.3 Å². The number of nitrogens with one attached hydrogen (secondary N) is 2. The fraction of sp³-hybridized carbons (Fsp3) is 0.333. The van der Waals surface area contributed by atoms with E-state index in [2.05, 4.69) is 10.6 Å². The Kier molecular flexibility index (Phi) is 7.04. The molecule has 2 aromatic rings. The SMILES string of the molecule is COCCN1C(=S)N[C@@H](c2ccccc2)C2=C1N[C@@H](c1ccccc1)N(CCOC)C2=O. The van der Waals surface area contributed by atoms with Gasteiger partial charge in [0.2, 0.25) is 0 Å². The summed E-state index contributed by atoms with van der Waals surface area (Å²) in [6, 6.07) is 19.5. The molecule has 0 bridgehead atoms. The minimum atomic E-state index is -0.348. The van der Waals surface area contributed by atoms with Crippen molar-refractivity contribution in [3.05, 3.63) is 83.2 Å². The zero-order valence-corrected chi connectivity index (χ0v) is 19.1. The molecule has 8 heteroatoms. The van der Waals surface area contributed by atoms with E-state index in [0.29, 0.717) is 37.0 Å². The van der Waals surface area contributed by atoms with E-state index in [4.69, 9.17) is 21.7 Å². The molecule has 0 fully saturated rings. The van der Waals surface area contributed by atoms with E-state index in [1.807, 2.05) is 70.5 Å². The molecule has 2 aliphatic rings. The number of benzene rings is 2. The van der Waals surface area contributed by atoms with E-state index in [-0.39, 0.29) is 18.1 Å². The summed E-state index contributed by atoms with van der Waals surface area (Å²) in [5.74, 6) is 0.683. The lowest BCUT2D eigenvalue weighted by Gasteiger charge is -2.47. The number of methoxy groups -OCH3 is 2. The number of ether oxygens (including phenoxy) is 2. The Morgan fingerprint density at radius 2 is 1.47 bits per heavy atom.